The predicted molar refractivity (Wildman–Crippen MR) is 164 cm³/mol. The summed E-state index contributed by atoms with van der Waals surface area (Å²) < 4.78 is 16.8. The summed E-state index contributed by atoms with van der Waals surface area (Å²) in [6, 6.07) is 7.72. The van der Waals surface area contributed by atoms with Crippen molar-refractivity contribution >= 4 is 29.4 Å². The largest absolute Gasteiger partial charge is 0.497 e. The average Bonchev–Trinajstić information content (AvgIpc) is 3.00. The summed E-state index contributed by atoms with van der Waals surface area (Å²) in [5.74, 6) is 0.109. The summed E-state index contributed by atoms with van der Waals surface area (Å²) in [5, 5.41) is 5.73. The average molecular weight is 598 g/mol. The molecule has 3 amide bonds. The molecule has 0 aliphatic heterocycles. The van der Waals surface area contributed by atoms with E-state index in [1.54, 1.807) is 18.2 Å². The van der Waals surface area contributed by atoms with Crippen molar-refractivity contribution in [3.63, 3.8) is 0 Å². The van der Waals surface area contributed by atoms with Crippen LogP contribution in [0.5, 0.6) is 23.0 Å². The van der Waals surface area contributed by atoms with Gasteiger partial charge in [0.05, 0.1) is 25.9 Å². The number of carbonyl (C=O) groups excluding carboxylic acids is 3. The van der Waals surface area contributed by atoms with E-state index in [0.717, 1.165) is 32.1 Å². The van der Waals surface area contributed by atoms with Crippen molar-refractivity contribution in [1.82, 2.24) is 5.32 Å². The summed E-state index contributed by atoms with van der Waals surface area (Å²) in [6.45, 7) is 0.346. The minimum absolute atomic E-state index is 0.0279. The first-order chi connectivity index (χ1) is 20.6. The van der Waals surface area contributed by atoms with Crippen molar-refractivity contribution in [3.8, 4) is 23.0 Å². The first kappa shape index (κ1) is 33.0. The van der Waals surface area contributed by atoms with Crippen LogP contribution in [0.25, 0.3) is 0 Å². The van der Waals surface area contributed by atoms with Gasteiger partial charge in [0, 0.05) is 18.2 Å². The standard InChI is InChI=1S/C30H43N7O6/c1-41-20-11-13-24(26(17-20)42-2)43-25-16-19(27(32)38)10-12-22(25)36-29(40)23(15-18-7-4-3-5-8-18)37-28(39)21(31)9-6-14-35-30(33)34/h10-13,16-18,21,23H,3-9,14-15,31H2,1-2H3,(H2,32,38)(H,36,40)(H,37,39)(H4,33,34,35)/t21-,23-/m0/s1. The molecule has 2 atom stereocenters. The fourth-order valence-electron chi connectivity index (χ4n) is 4.98. The zero-order valence-corrected chi connectivity index (χ0v) is 24.8. The van der Waals surface area contributed by atoms with Gasteiger partial charge < -0.3 is 47.8 Å². The third-order valence-electron chi connectivity index (χ3n) is 7.35. The maximum atomic E-state index is 13.7. The molecule has 13 heteroatoms. The molecule has 2 aromatic carbocycles. The van der Waals surface area contributed by atoms with Crippen LogP contribution < -0.4 is 47.8 Å². The number of carbonyl (C=O) groups is 3. The molecule has 0 aromatic heterocycles. The first-order valence-electron chi connectivity index (χ1n) is 14.4. The Balaban J connectivity index is 1.83. The van der Waals surface area contributed by atoms with Gasteiger partial charge in [0.25, 0.3) is 0 Å². The van der Waals surface area contributed by atoms with E-state index in [9.17, 15) is 14.4 Å². The molecule has 43 heavy (non-hydrogen) atoms. The summed E-state index contributed by atoms with van der Waals surface area (Å²) in [5.41, 5.74) is 22.8. The van der Waals surface area contributed by atoms with Crippen molar-refractivity contribution in [3.05, 3.63) is 42.0 Å². The molecule has 10 N–H and O–H groups in total. The second-order valence-electron chi connectivity index (χ2n) is 10.5. The number of nitrogens with two attached hydrogens (primary N) is 4. The van der Waals surface area contributed by atoms with E-state index in [4.69, 9.17) is 37.1 Å². The van der Waals surface area contributed by atoms with Crippen LogP contribution in [0.3, 0.4) is 0 Å². The van der Waals surface area contributed by atoms with Gasteiger partial charge in [-0.25, -0.2) is 0 Å². The minimum atomic E-state index is -0.849. The number of anilines is 1. The van der Waals surface area contributed by atoms with Crippen molar-refractivity contribution in [1.29, 1.82) is 0 Å². The van der Waals surface area contributed by atoms with Crippen LogP contribution in [0, 0.1) is 5.92 Å². The molecule has 0 radical (unpaired) electrons. The number of aliphatic imine (C=N–C) groups is 1. The zero-order valence-electron chi connectivity index (χ0n) is 24.8. The molecule has 0 saturated heterocycles. The van der Waals surface area contributed by atoms with Crippen LogP contribution in [-0.4, -0.2) is 56.5 Å². The van der Waals surface area contributed by atoms with Gasteiger partial charge in [0.15, 0.2) is 23.2 Å². The molecular weight excluding hydrogens is 554 g/mol. The molecule has 13 nitrogen and oxygen atoms in total. The van der Waals surface area contributed by atoms with Crippen LogP contribution >= 0.6 is 0 Å². The number of hydrogen-bond acceptors (Lipinski definition) is 8. The molecular formula is C30H43N7O6. The lowest BCUT2D eigenvalue weighted by molar-refractivity contribution is -0.127. The van der Waals surface area contributed by atoms with Gasteiger partial charge in [-0.1, -0.05) is 32.1 Å². The smallest absolute Gasteiger partial charge is 0.248 e. The maximum Gasteiger partial charge on any atom is 0.248 e. The van der Waals surface area contributed by atoms with Crippen molar-refractivity contribution in [2.75, 3.05) is 26.1 Å². The van der Waals surface area contributed by atoms with Crippen molar-refractivity contribution in [2.24, 2.45) is 33.8 Å². The number of primary amides is 1. The number of ether oxygens (including phenoxy) is 3. The number of rotatable bonds is 15. The Morgan fingerprint density at radius 2 is 1.67 bits per heavy atom. The molecule has 0 unspecified atom stereocenters. The fraction of sp³-hybridized carbons (Fsp3) is 0.467. The Morgan fingerprint density at radius 3 is 2.33 bits per heavy atom. The van der Waals surface area contributed by atoms with Crippen LogP contribution in [0.1, 0.15) is 61.7 Å². The molecule has 234 valence electrons. The molecule has 1 fully saturated rings. The Kier molecular flexibility index (Phi) is 12.4. The maximum absolute atomic E-state index is 13.7. The van der Waals surface area contributed by atoms with Gasteiger partial charge in [-0.2, -0.15) is 0 Å². The van der Waals surface area contributed by atoms with Crippen LogP contribution in [0.4, 0.5) is 5.69 Å². The number of nitrogens with zero attached hydrogens (tertiary/aromatic N) is 1. The SMILES string of the molecule is COc1ccc(Oc2cc(C(N)=O)ccc2NC(=O)[C@H](CC2CCCCC2)NC(=O)[C@@H](N)CCCN=C(N)N)c(OC)c1. The van der Waals surface area contributed by atoms with E-state index in [1.165, 1.54) is 32.4 Å². The highest BCUT2D eigenvalue weighted by Gasteiger charge is 2.28. The van der Waals surface area contributed by atoms with E-state index in [0.29, 0.717) is 43.1 Å². The molecule has 1 aliphatic carbocycles. The number of amides is 3. The van der Waals surface area contributed by atoms with Crippen LogP contribution in [0.2, 0.25) is 0 Å². The number of guanidine groups is 1. The zero-order chi connectivity index (χ0) is 31.4. The van der Waals surface area contributed by atoms with E-state index in [1.807, 2.05) is 0 Å². The van der Waals surface area contributed by atoms with Gasteiger partial charge in [0.2, 0.25) is 17.7 Å². The molecule has 3 rings (SSSR count). The van der Waals surface area contributed by atoms with Gasteiger partial charge >= 0.3 is 0 Å². The normalized spacial score (nSPS) is 14.6. The van der Waals surface area contributed by atoms with E-state index < -0.39 is 29.8 Å². The number of hydrogen-bond donors (Lipinski definition) is 6. The highest BCUT2D eigenvalue weighted by atomic mass is 16.5. The fourth-order valence-corrected chi connectivity index (χ4v) is 4.98. The van der Waals surface area contributed by atoms with Crippen molar-refractivity contribution < 1.29 is 28.6 Å². The van der Waals surface area contributed by atoms with E-state index in [2.05, 4.69) is 15.6 Å². The highest BCUT2D eigenvalue weighted by Crippen LogP contribution is 2.38. The summed E-state index contributed by atoms with van der Waals surface area (Å²) in [7, 11) is 3.01. The van der Waals surface area contributed by atoms with Gasteiger partial charge in [-0.05, 0) is 55.5 Å². The number of benzene rings is 2. The summed E-state index contributed by atoms with van der Waals surface area (Å²) in [6.07, 6.45) is 6.57. The van der Waals surface area contributed by atoms with Crippen LogP contribution in [-0.2, 0) is 9.59 Å². The lowest BCUT2D eigenvalue weighted by atomic mass is 9.84. The van der Waals surface area contributed by atoms with Gasteiger partial charge in [-0.3, -0.25) is 19.4 Å². The number of nitrogens with one attached hydrogen (secondary N) is 2. The lowest BCUT2D eigenvalue weighted by Gasteiger charge is -2.27. The number of methoxy groups -OCH3 is 2. The van der Waals surface area contributed by atoms with Crippen LogP contribution in [0.15, 0.2) is 41.4 Å². The molecule has 0 bridgehead atoms. The second kappa shape index (κ2) is 16.2. The third-order valence-corrected chi connectivity index (χ3v) is 7.35. The predicted octanol–water partition coefficient (Wildman–Crippen LogP) is 2.37. The Hall–Kier alpha value is -4.52. The second-order valence-corrected chi connectivity index (χ2v) is 10.5. The quantitative estimate of drug-likeness (QED) is 0.101. The van der Waals surface area contributed by atoms with E-state index >= 15 is 0 Å². The van der Waals surface area contributed by atoms with E-state index in [-0.39, 0.29) is 28.9 Å². The Labute approximate surface area is 251 Å². The lowest BCUT2D eigenvalue weighted by Crippen LogP contribution is -2.50. The summed E-state index contributed by atoms with van der Waals surface area (Å²) >= 11 is 0. The molecule has 1 saturated carbocycles. The Morgan fingerprint density at radius 1 is 0.930 bits per heavy atom. The minimum Gasteiger partial charge on any atom is -0.497 e. The molecule has 1 aliphatic rings. The molecule has 2 aromatic rings. The Bertz CT molecular complexity index is 1290. The van der Waals surface area contributed by atoms with Gasteiger partial charge in [0.1, 0.15) is 11.8 Å². The summed E-state index contributed by atoms with van der Waals surface area (Å²) in [4.78, 5) is 42.6. The topological polar surface area (TPSA) is 219 Å². The first-order valence-corrected chi connectivity index (χ1v) is 14.4. The monoisotopic (exact) mass is 597 g/mol. The molecule has 0 heterocycles. The molecule has 0 spiro atoms. The highest BCUT2D eigenvalue weighted by molar-refractivity contribution is 6.00. The van der Waals surface area contributed by atoms with Gasteiger partial charge in [-0.15, -0.1) is 0 Å². The van der Waals surface area contributed by atoms with Crippen molar-refractivity contribution in [2.45, 2.75) is 63.5 Å². The third kappa shape index (κ3) is 10.1.